The number of imidazole rings is 1. The second-order valence-corrected chi connectivity index (χ2v) is 7.64. The third-order valence-corrected chi connectivity index (χ3v) is 5.71. The summed E-state index contributed by atoms with van der Waals surface area (Å²) in [5.74, 6) is 0.146. The van der Waals surface area contributed by atoms with Gasteiger partial charge >= 0.3 is 0 Å². The lowest BCUT2D eigenvalue weighted by atomic mass is 9.91. The minimum atomic E-state index is -0.305. The summed E-state index contributed by atoms with van der Waals surface area (Å²) in [6.07, 6.45) is 10.8. The first kappa shape index (κ1) is 18.1. The molecule has 0 spiro atoms. The van der Waals surface area contributed by atoms with Crippen LogP contribution in [0.2, 0.25) is 0 Å². The molecule has 0 aromatic carbocycles. The van der Waals surface area contributed by atoms with Crippen molar-refractivity contribution in [2.45, 2.75) is 56.7 Å². The molecule has 7 nitrogen and oxygen atoms in total. The number of fused-ring (bicyclic) bond motifs is 1. The monoisotopic (exact) mass is 368 g/mol. The molecule has 1 fully saturated rings. The molecule has 1 aliphatic heterocycles. The van der Waals surface area contributed by atoms with E-state index >= 15 is 0 Å². The number of carbonyl (C=O) groups excluding carboxylic acids is 1. The number of nitrogens with zero attached hydrogens (tertiary/aromatic N) is 3. The number of nitrogens with one attached hydrogen (secondary N) is 2. The van der Waals surface area contributed by atoms with Gasteiger partial charge in [-0.2, -0.15) is 0 Å². The fourth-order valence-electron chi connectivity index (χ4n) is 4.18. The SMILES string of the molecule is NC1CCN(C(=O)C(Cc2c[nH]cn2)NC2CCCc3cccnc32)CC1. The van der Waals surface area contributed by atoms with Crippen LogP contribution in [0.25, 0.3) is 0 Å². The van der Waals surface area contributed by atoms with Gasteiger partial charge in [0.2, 0.25) is 5.91 Å². The molecule has 4 rings (SSSR count). The number of pyridine rings is 1. The number of likely N-dealkylation sites (tertiary alicyclic amines) is 1. The van der Waals surface area contributed by atoms with E-state index in [1.807, 2.05) is 23.4 Å². The van der Waals surface area contributed by atoms with E-state index in [0.29, 0.717) is 6.42 Å². The first-order chi connectivity index (χ1) is 13.2. The van der Waals surface area contributed by atoms with Crippen molar-refractivity contribution in [2.24, 2.45) is 5.73 Å². The number of hydrogen-bond donors (Lipinski definition) is 3. The van der Waals surface area contributed by atoms with Gasteiger partial charge in [-0.3, -0.25) is 15.1 Å². The summed E-state index contributed by atoms with van der Waals surface area (Å²) in [5, 5.41) is 3.62. The summed E-state index contributed by atoms with van der Waals surface area (Å²) in [6, 6.07) is 4.15. The van der Waals surface area contributed by atoms with E-state index in [0.717, 1.165) is 56.6 Å². The van der Waals surface area contributed by atoms with Crippen molar-refractivity contribution in [3.63, 3.8) is 0 Å². The Morgan fingerprint density at radius 1 is 1.33 bits per heavy atom. The van der Waals surface area contributed by atoms with Crippen LogP contribution in [0, 0.1) is 0 Å². The highest BCUT2D eigenvalue weighted by molar-refractivity contribution is 5.82. The standard InChI is InChI=1S/C20H28N6O/c21-15-6-9-26(10-7-15)20(27)18(11-16-12-22-13-24-16)25-17-5-1-3-14-4-2-8-23-19(14)17/h2,4,8,12-13,15,17-18,25H,1,3,5-7,9-11,21H2,(H,22,24). The second-order valence-electron chi connectivity index (χ2n) is 7.64. The molecule has 0 saturated carbocycles. The Kier molecular flexibility index (Phi) is 5.50. The van der Waals surface area contributed by atoms with Gasteiger partial charge in [0.1, 0.15) is 0 Å². The lowest BCUT2D eigenvalue weighted by Gasteiger charge is -2.35. The van der Waals surface area contributed by atoms with Crippen molar-refractivity contribution in [2.75, 3.05) is 13.1 Å². The van der Waals surface area contributed by atoms with Gasteiger partial charge in [0.25, 0.3) is 0 Å². The number of aromatic amines is 1. The molecular formula is C20H28N6O. The molecule has 3 heterocycles. The van der Waals surface area contributed by atoms with Gasteiger partial charge in [0.15, 0.2) is 0 Å². The number of carbonyl (C=O) groups is 1. The molecule has 2 aromatic rings. The number of nitrogens with two attached hydrogens (primary N) is 1. The molecule has 2 atom stereocenters. The second kappa shape index (κ2) is 8.19. The fraction of sp³-hybridized carbons (Fsp3) is 0.550. The highest BCUT2D eigenvalue weighted by Crippen LogP contribution is 2.28. The number of rotatable bonds is 5. The molecule has 1 saturated heterocycles. The van der Waals surface area contributed by atoms with E-state index in [-0.39, 0.29) is 24.0 Å². The summed E-state index contributed by atoms with van der Waals surface area (Å²) in [4.78, 5) is 27.2. The van der Waals surface area contributed by atoms with E-state index in [4.69, 9.17) is 5.73 Å². The predicted molar refractivity (Wildman–Crippen MR) is 103 cm³/mol. The van der Waals surface area contributed by atoms with Crippen LogP contribution in [0.5, 0.6) is 0 Å². The zero-order chi connectivity index (χ0) is 18.6. The average molecular weight is 368 g/mol. The zero-order valence-electron chi connectivity index (χ0n) is 15.6. The molecule has 2 unspecified atom stereocenters. The van der Waals surface area contributed by atoms with E-state index in [9.17, 15) is 4.79 Å². The third kappa shape index (κ3) is 4.20. The summed E-state index contributed by atoms with van der Waals surface area (Å²) in [7, 11) is 0. The normalized spacial score (nSPS) is 21.7. The van der Waals surface area contributed by atoms with Crippen LogP contribution in [0.4, 0.5) is 0 Å². The first-order valence-corrected chi connectivity index (χ1v) is 9.92. The Bertz CT molecular complexity index is 754. The Hall–Kier alpha value is -2.25. The molecule has 0 bridgehead atoms. The topological polar surface area (TPSA) is 99.9 Å². The van der Waals surface area contributed by atoms with Gasteiger partial charge in [-0.15, -0.1) is 0 Å². The maximum absolute atomic E-state index is 13.3. The van der Waals surface area contributed by atoms with Gasteiger partial charge in [-0.1, -0.05) is 6.07 Å². The molecule has 2 aromatic heterocycles. The summed E-state index contributed by atoms with van der Waals surface area (Å²) in [6.45, 7) is 1.47. The average Bonchev–Trinajstić information content (AvgIpc) is 3.21. The van der Waals surface area contributed by atoms with Crippen molar-refractivity contribution in [1.29, 1.82) is 0 Å². The zero-order valence-corrected chi connectivity index (χ0v) is 15.6. The lowest BCUT2D eigenvalue weighted by Crippen LogP contribution is -2.52. The molecular weight excluding hydrogens is 340 g/mol. The van der Waals surface area contributed by atoms with E-state index in [1.165, 1.54) is 5.56 Å². The third-order valence-electron chi connectivity index (χ3n) is 5.71. The largest absolute Gasteiger partial charge is 0.351 e. The van der Waals surface area contributed by atoms with Crippen molar-refractivity contribution in [3.8, 4) is 0 Å². The first-order valence-electron chi connectivity index (χ1n) is 9.92. The maximum atomic E-state index is 13.3. The van der Waals surface area contributed by atoms with Crippen LogP contribution in [-0.2, 0) is 17.6 Å². The lowest BCUT2D eigenvalue weighted by molar-refractivity contribution is -0.134. The molecule has 7 heteroatoms. The molecule has 0 radical (unpaired) electrons. The van der Waals surface area contributed by atoms with Crippen LogP contribution < -0.4 is 11.1 Å². The number of hydrogen-bond acceptors (Lipinski definition) is 5. The quantitative estimate of drug-likeness (QED) is 0.739. The van der Waals surface area contributed by atoms with Gasteiger partial charge < -0.3 is 15.6 Å². The van der Waals surface area contributed by atoms with Crippen molar-refractivity contribution < 1.29 is 4.79 Å². The van der Waals surface area contributed by atoms with Crippen LogP contribution in [-0.4, -0.2) is 50.9 Å². The fourth-order valence-corrected chi connectivity index (χ4v) is 4.18. The van der Waals surface area contributed by atoms with Gasteiger partial charge in [0, 0.05) is 37.9 Å². The van der Waals surface area contributed by atoms with Crippen molar-refractivity contribution in [3.05, 3.63) is 47.8 Å². The molecule has 1 aliphatic carbocycles. The number of aromatic nitrogens is 3. The molecule has 27 heavy (non-hydrogen) atoms. The molecule has 1 amide bonds. The smallest absolute Gasteiger partial charge is 0.240 e. The summed E-state index contributed by atoms with van der Waals surface area (Å²) in [5.41, 5.74) is 9.28. The van der Waals surface area contributed by atoms with E-state index < -0.39 is 0 Å². The van der Waals surface area contributed by atoms with Crippen LogP contribution in [0.1, 0.15) is 48.7 Å². The number of aryl methyl sites for hydroxylation is 1. The number of piperidine rings is 1. The summed E-state index contributed by atoms with van der Waals surface area (Å²) >= 11 is 0. The van der Waals surface area contributed by atoms with Crippen molar-refractivity contribution in [1.82, 2.24) is 25.2 Å². The minimum absolute atomic E-state index is 0.106. The van der Waals surface area contributed by atoms with E-state index in [1.54, 1.807) is 6.33 Å². The summed E-state index contributed by atoms with van der Waals surface area (Å²) < 4.78 is 0. The Morgan fingerprint density at radius 2 is 2.19 bits per heavy atom. The van der Waals surface area contributed by atoms with Gasteiger partial charge in [-0.05, 0) is 43.7 Å². The Balaban J connectivity index is 1.52. The van der Waals surface area contributed by atoms with Gasteiger partial charge in [0.05, 0.1) is 29.8 Å². The maximum Gasteiger partial charge on any atom is 0.240 e. The van der Waals surface area contributed by atoms with E-state index in [2.05, 4.69) is 26.3 Å². The van der Waals surface area contributed by atoms with Gasteiger partial charge in [-0.25, -0.2) is 4.98 Å². The van der Waals surface area contributed by atoms with Crippen LogP contribution >= 0.6 is 0 Å². The highest BCUT2D eigenvalue weighted by Gasteiger charge is 2.31. The van der Waals surface area contributed by atoms with Crippen LogP contribution in [0.3, 0.4) is 0 Å². The Morgan fingerprint density at radius 3 is 2.96 bits per heavy atom. The molecule has 2 aliphatic rings. The number of H-pyrrole nitrogens is 1. The minimum Gasteiger partial charge on any atom is -0.351 e. The van der Waals surface area contributed by atoms with Crippen molar-refractivity contribution >= 4 is 5.91 Å². The predicted octanol–water partition coefficient (Wildman–Crippen LogP) is 1.33. The molecule has 144 valence electrons. The Labute approximate surface area is 159 Å². The number of amides is 1. The van der Waals surface area contributed by atoms with Crippen LogP contribution in [0.15, 0.2) is 30.9 Å². The molecule has 4 N–H and O–H groups in total. The highest BCUT2D eigenvalue weighted by atomic mass is 16.2.